The number of ether oxygens (including phenoxy) is 2. The molecule has 1 aliphatic rings. The molecule has 5 heteroatoms. The molecule has 1 atom stereocenters. The maximum absolute atomic E-state index is 11.3. The van der Waals surface area contributed by atoms with Crippen LogP contribution in [0.5, 0.6) is 0 Å². The molecule has 0 aliphatic carbocycles. The highest BCUT2D eigenvalue weighted by Gasteiger charge is 2.34. The molecule has 14 heavy (non-hydrogen) atoms. The SMILES string of the molecule is CCOC(=O)C(=O)C1COCCC1=O. The molecule has 0 spiro atoms. The van der Waals surface area contributed by atoms with Gasteiger partial charge in [0.2, 0.25) is 0 Å². The minimum atomic E-state index is -0.956. The van der Waals surface area contributed by atoms with Crippen molar-refractivity contribution in [1.82, 2.24) is 0 Å². The maximum atomic E-state index is 11.3. The molecule has 1 rings (SSSR count). The third kappa shape index (κ3) is 2.38. The summed E-state index contributed by atoms with van der Waals surface area (Å²) < 4.78 is 9.46. The Kier molecular flexibility index (Phi) is 3.76. The molecule has 1 heterocycles. The zero-order valence-electron chi connectivity index (χ0n) is 7.95. The fourth-order valence-electron chi connectivity index (χ4n) is 1.21. The first-order chi connectivity index (χ1) is 6.66. The highest BCUT2D eigenvalue weighted by atomic mass is 16.5. The molecular weight excluding hydrogens is 188 g/mol. The lowest BCUT2D eigenvalue weighted by molar-refractivity contribution is -0.159. The van der Waals surface area contributed by atoms with Crippen LogP contribution in [-0.4, -0.2) is 37.4 Å². The van der Waals surface area contributed by atoms with Gasteiger partial charge in [0.1, 0.15) is 11.7 Å². The zero-order valence-corrected chi connectivity index (χ0v) is 7.95. The van der Waals surface area contributed by atoms with Crippen molar-refractivity contribution in [3.8, 4) is 0 Å². The van der Waals surface area contributed by atoms with E-state index in [1.54, 1.807) is 6.92 Å². The molecule has 1 unspecified atom stereocenters. The van der Waals surface area contributed by atoms with Crippen molar-refractivity contribution in [3.63, 3.8) is 0 Å². The number of Topliss-reactive ketones (excluding diaryl/α,β-unsaturated/α-hetero) is 2. The van der Waals surface area contributed by atoms with Gasteiger partial charge in [0.05, 0.1) is 19.8 Å². The standard InChI is InChI=1S/C9H12O5/c1-2-14-9(12)8(11)6-5-13-4-3-7(6)10/h6H,2-5H2,1H3. The summed E-state index contributed by atoms with van der Waals surface area (Å²) in [5.41, 5.74) is 0. The van der Waals surface area contributed by atoms with Crippen LogP contribution < -0.4 is 0 Å². The van der Waals surface area contributed by atoms with Gasteiger partial charge in [0, 0.05) is 6.42 Å². The summed E-state index contributed by atoms with van der Waals surface area (Å²) in [6.45, 7) is 2.05. The van der Waals surface area contributed by atoms with Gasteiger partial charge in [-0.25, -0.2) is 4.79 Å². The monoisotopic (exact) mass is 200 g/mol. The van der Waals surface area contributed by atoms with Gasteiger partial charge in [-0.2, -0.15) is 0 Å². The van der Waals surface area contributed by atoms with Gasteiger partial charge in [-0.1, -0.05) is 0 Å². The topological polar surface area (TPSA) is 69.7 Å². The lowest BCUT2D eigenvalue weighted by Crippen LogP contribution is -2.38. The van der Waals surface area contributed by atoms with Crippen LogP contribution in [0.3, 0.4) is 0 Å². The molecule has 78 valence electrons. The molecule has 5 nitrogen and oxygen atoms in total. The van der Waals surface area contributed by atoms with Crippen molar-refractivity contribution in [1.29, 1.82) is 0 Å². The lowest BCUT2D eigenvalue weighted by Gasteiger charge is -2.18. The maximum Gasteiger partial charge on any atom is 0.375 e. The highest BCUT2D eigenvalue weighted by molar-refractivity contribution is 6.38. The van der Waals surface area contributed by atoms with Crippen LogP contribution in [-0.2, 0) is 23.9 Å². The van der Waals surface area contributed by atoms with Crippen molar-refractivity contribution in [2.45, 2.75) is 13.3 Å². The van der Waals surface area contributed by atoms with Gasteiger partial charge >= 0.3 is 5.97 Å². The summed E-state index contributed by atoms with van der Waals surface area (Å²) in [5, 5.41) is 0. The van der Waals surface area contributed by atoms with Gasteiger partial charge < -0.3 is 9.47 Å². The predicted molar refractivity (Wildman–Crippen MR) is 45.6 cm³/mol. The Hall–Kier alpha value is -1.23. The van der Waals surface area contributed by atoms with E-state index in [9.17, 15) is 14.4 Å². The van der Waals surface area contributed by atoms with E-state index >= 15 is 0 Å². The molecule has 1 aliphatic heterocycles. The van der Waals surface area contributed by atoms with Crippen LogP contribution in [0.4, 0.5) is 0 Å². The molecule has 1 saturated heterocycles. The Labute approximate surface area is 81.4 Å². The Bertz CT molecular complexity index is 258. The average Bonchev–Trinajstić information content (AvgIpc) is 2.18. The Morgan fingerprint density at radius 2 is 2.29 bits per heavy atom. The second-order valence-corrected chi connectivity index (χ2v) is 2.93. The third-order valence-corrected chi connectivity index (χ3v) is 1.96. The first-order valence-corrected chi connectivity index (χ1v) is 4.48. The molecule has 1 fully saturated rings. The quantitative estimate of drug-likeness (QED) is 0.356. The number of hydrogen-bond acceptors (Lipinski definition) is 5. The van der Waals surface area contributed by atoms with E-state index in [0.717, 1.165) is 0 Å². The van der Waals surface area contributed by atoms with Gasteiger partial charge in [0.25, 0.3) is 5.78 Å². The van der Waals surface area contributed by atoms with E-state index in [4.69, 9.17) is 4.74 Å². The van der Waals surface area contributed by atoms with E-state index in [1.165, 1.54) is 0 Å². The van der Waals surface area contributed by atoms with Crippen molar-refractivity contribution < 1.29 is 23.9 Å². The third-order valence-electron chi connectivity index (χ3n) is 1.96. The van der Waals surface area contributed by atoms with Crippen LogP contribution in [0.25, 0.3) is 0 Å². The second kappa shape index (κ2) is 4.85. The normalized spacial score (nSPS) is 21.8. The van der Waals surface area contributed by atoms with Crippen molar-refractivity contribution in [2.24, 2.45) is 5.92 Å². The number of hydrogen-bond donors (Lipinski definition) is 0. The van der Waals surface area contributed by atoms with Gasteiger partial charge in [-0.3, -0.25) is 9.59 Å². The summed E-state index contributed by atoms with van der Waals surface area (Å²) in [7, 11) is 0. The number of ketones is 2. The van der Waals surface area contributed by atoms with Crippen molar-refractivity contribution >= 4 is 17.5 Å². The number of carbonyl (C=O) groups is 3. The van der Waals surface area contributed by atoms with Gasteiger partial charge in [-0.05, 0) is 6.92 Å². The van der Waals surface area contributed by atoms with Crippen molar-refractivity contribution in [3.05, 3.63) is 0 Å². The van der Waals surface area contributed by atoms with Gasteiger partial charge in [0.15, 0.2) is 0 Å². The van der Waals surface area contributed by atoms with Crippen LogP contribution in [0.2, 0.25) is 0 Å². The summed E-state index contributed by atoms with van der Waals surface area (Å²) >= 11 is 0. The zero-order chi connectivity index (χ0) is 10.6. The second-order valence-electron chi connectivity index (χ2n) is 2.93. The molecule has 0 aromatic rings. The molecule has 0 bridgehead atoms. The summed E-state index contributed by atoms with van der Waals surface area (Å²) in [6.07, 6.45) is 0.190. The minimum absolute atomic E-state index is 0.00349. The first-order valence-electron chi connectivity index (χ1n) is 4.48. The predicted octanol–water partition coefficient (Wildman–Crippen LogP) is -0.276. The van der Waals surface area contributed by atoms with E-state index in [1.807, 2.05) is 0 Å². The van der Waals surface area contributed by atoms with E-state index in [0.29, 0.717) is 6.61 Å². The summed E-state index contributed by atoms with van der Waals surface area (Å²) in [5.74, 6) is -2.94. The largest absolute Gasteiger partial charge is 0.460 e. The lowest BCUT2D eigenvalue weighted by atomic mass is 9.96. The molecule has 0 amide bonds. The molecule has 0 aromatic heterocycles. The average molecular weight is 200 g/mol. The number of rotatable bonds is 3. The molecule has 0 saturated carbocycles. The smallest absolute Gasteiger partial charge is 0.375 e. The summed E-state index contributed by atoms with van der Waals surface area (Å²) in [6, 6.07) is 0. The van der Waals surface area contributed by atoms with E-state index in [2.05, 4.69) is 4.74 Å². The van der Waals surface area contributed by atoms with Crippen LogP contribution in [0, 0.1) is 5.92 Å². The Morgan fingerprint density at radius 3 is 2.86 bits per heavy atom. The fraction of sp³-hybridized carbons (Fsp3) is 0.667. The minimum Gasteiger partial charge on any atom is -0.460 e. The van der Waals surface area contributed by atoms with Gasteiger partial charge in [-0.15, -0.1) is 0 Å². The van der Waals surface area contributed by atoms with E-state index < -0.39 is 17.7 Å². The molecule has 0 aromatic carbocycles. The Balaban J connectivity index is 2.58. The summed E-state index contributed by atoms with van der Waals surface area (Å²) in [4.78, 5) is 33.6. The Morgan fingerprint density at radius 1 is 1.57 bits per heavy atom. The van der Waals surface area contributed by atoms with Crippen LogP contribution >= 0.6 is 0 Å². The van der Waals surface area contributed by atoms with E-state index in [-0.39, 0.29) is 25.4 Å². The van der Waals surface area contributed by atoms with Crippen molar-refractivity contribution in [2.75, 3.05) is 19.8 Å². The fourth-order valence-corrected chi connectivity index (χ4v) is 1.21. The number of carbonyl (C=O) groups excluding carboxylic acids is 3. The molecule has 0 N–H and O–H groups in total. The molecular formula is C9H12O5. The highest BCUT2D eigenvalue weighted by Crippen LogP contribution is 2.11. The van der Waals surface area contributed by atoms with Crippen LogP contribution in [0.15, 0.2) is 0 Å². The van der Waals surface area contributed by atoms with Crippen LogP contribution in [0.1, 0.15) is 13.3 Å². The molecule has 0 radical (unpaired) electrons. The number of esters is 1. The first kappa shape index (κ1) is 10.8.